The normalized spacial score (nSPS) is 17.3. The summed E-state index contributed by atoms with van der Waals surface area (Å²) < 4.78 is 0.834. The molecular formula is C13H20BrClN4. The molecule has 0 unspecified atom stereocenters. The summed E-state index contributed by atoms with van der Waals surface area (Å²) in [4.78, 5) is 13.6. The number of piperazine rings is 1. The van der Waals surface area contributed by atoms with Crippen molar-refractivity contribution in [3.63, 3.8) is 0 Å². The summed E-state index contributed by atoms with van der Waals surface area (Å²) in [5.41, 5.74) is 1.00. The Kier molecular flexibility index (Phi) is 5.03. The highest BCUT2D eigenvalue weighted by molar-refractivity contribution is 9.10. The molecule has 0 atom stereocenters. The van der Waals surface area contributed by atoms with E-state index in [9.17, 15) is 0 Å². The highest BCUT2D eigenvalue weighted by atomic mass is 79.9. The van der Waals surface area contributed by atoms with Crippen LogP contribution in [0.3, 0.4) is 0 Å². The van der Waals surface area contributed by atoms with Crippen molar-refractivity contribution < 1.29 is 0 Å². The number of halogens is 2. The van der Waals surface area contributed by atoms with Crippen LogP contribution in [0.5, 0.6) is 0 Å². The van der Waals surface area contributed by atoms with Crippen molar-refractivity contribution in [2.45, 2.75) is 20.3 Å². The molecule has 0 saturated carbocycles. The van der Waals surface area contributed by atoms with Gasteiger partial charge in [-0.15, -0.1) is 0 Å². The monoisotopic (exact) mass is 346 g/mol. The topological polar surface area (TPSA) is 32.3 Å². The summed E-state index contributed by atoms with van der Waals surface area (Å²) >= 11 is 9.71. The van der Waals surface area contributed by atoms with Gasteiger partial charge in [0.2, 0.25) is 5.95 Å². The Morgan fingerprint density at radius 1 is 1.21 bits per heavy atom. The van der Waals surface area contributed by atoms with Gasteiger partial charge in [0.25, 0.3) is 0 Å². The molecule has 0 N–H and O–H groups in total. The zero-order valence-corrected chi connectivity index (χ0v) is 14.0. The van der Waals surface area contributed by atoms with Crippen molar-refractivity contribution in [3.05, 3.63) is 15.3 Å². The summed E-state index contributed by atoms with van der Waals surface area (Å²) in [6.07, 6.45) is 0.906. The molecule has 0 radical (unpaired) electrons. The minimum Gasteiger partial charge on any atom is -0.338 e. The van der Waals surface area contributed by atoms with E-state index in [1.54, 1.807) is 0 Å². The van der Waals surface area contributed by atoms with E-state index in [1.807, 2.05) is 0 Å². The van der Waals surface area contributed by atoms with Gasteiger partial charge >= 0.3 is 0 Å². The maximum atomic E-state index is 6.22. The number of likely N-dealkylation sites (N-methyl/N-ethyl adjacent to an activating group) is 1. The number of aromatic nitrogens is 2. The Labute approximate surface area is 128 Å². The molecule has 2 heterocycles. The van der Waals surface area contributed by atoms with Crippen molar-refractivity contribution in [3.8, 4) is 0 Å². The van der Waals surface area contributed by atoms with Crippen LogP contribution in [0.15, 0.2) is 4.47 Å². The summed E-state index contributed by atoms with van der Waals surface area (Å²) in [5.74, 6) is 1.31. The van der Waals surface area contributed by atoms with Gasteiger partial charge in [-0.25, -0.2) is 4.98 Å². The molecule has 0 aliphatic carbocycles. The predicted molar refractivity (Wildman–Crippen MR) is 83.0 cm³/mol. The molecule has 0 spiro atoms. The van der Waals surface area contributed by atoms with E-state index < -0.39 is 0 Å². The van der Waals surface area contributed by atoms with Gasteiger partial charge in [0, 0.05) is 26.2 Å². The van der Waals surface area contributed by atoms with Crippen LogP contribution in [0.1, 0.15) is 19.5 Å². The fraction of sp³-hybridized carbons (Fsp3) is 0.692. The number of rotatable bonds is 3. The maximum absolute atomic E-state index is 6.22. The third-order valence-electron chi connectivity index (χ3n) is 3.26. The Morgan fingerprint density at radius 3 is 2.42 bits per heavy atom. The molecule has 0 amide bonds. The lowest BCUT2D eigenvalue weighted by Crippen LogP contribution is -2.45. The van der Waals surface area contributed by atoms with Crippen LogP contribution in [0.25, 0.3) is 0 Å². The van der Waals surface area contributed by atoms with Crippen molar-refractivity contribution in [2.24, 2.45) is 5.92 Å². The molecule has 0 aromatic carbocycles. The number of hydrogen-bond donors (Lipinski definition) is 0. The van der Waals surface area contributed by atoms with Crippen LogP contribution in [-0.2, 0) is 6.42 Å². The molecule has 106 valence electrons. The number of nitrogens with zero attached hydrogens (tertiary/aromatic N) is 4. The van der Waals surface area contributed by atoms with Gasteiger partial charge < -0.3 is 9.80 Å². The number of anilines is 1. The molecule has 4 nitrogen and oxygen atoms in total. The first-order valence-electron chi connectivity index (χ1n) is 6.62. The lowest BCUT2D eigenvalue weighted by atomic mass is 10.1. The lowest BCUT2D eigenvalue weighted by molar-refractivity contribution is 0.311. The quantitative estimate of drug-likeness (QED) is 0.787. The minimum atomic E-state index is 0.513. The highest BCUT2D eigenvalue weighted by Crippen LogP contribution is 2.28. The molecule has 1 saturated heterocycles. The zero-order valence-electron chi connectivity index (χ0n) is 11.7. The fourth-order valence-corrected chi connectivity index (χ4v) is 2.64. The van der Waals surface area contributed by atoms with E-state index in [0.717, 1.165) is 48.7 Å². The second-order valence-electron chi connectivity index (χ2n) is 5.46. The van der Waals surface area contributed by atoms with Crippen LogP contribution in [-0.4, -0.2) is 48.1 Å². The molecule has 2 rings (SSSR count). The average Bonchev–Trinajstić information content (AvgIpc) is 2.35. The van der Waals surface area contributed by atoms with E-state index in [-0.39, 0.29) is 0 Å². The van der Waals surface area contributed by atoms with E-state index in [2.05, 4.69) is 56.6 Å². The first-order chi connectivity index (χ1) is 8.97. The van der Waals surface area contributed by atoms with Crippen molar-refractivity contribution in [1.29, 1.82) is 0 Å². The molecular weight excluding hydrogens is 328 g/mol. The summed E-state index contributed by atoms with van der Waals surface area (Å²) in [7, 11) is 2.14. The first kappa shape index (κ1) is 15.0. The molecule has 1 aromatic rings. The van der Waals surface area contributed by atoms with E-state index >= 15 is 0 Å². The van der Waals surface area contributed by atoms with Crippen molar-refractivity contribution in [1.82, 2.24) is 14.9 Å². The second kappa shape index (κ2) is 6.37. The molecule has 1 fully saturated rings. The van der Waals surface area contributed by atoms with Crippen LogP contribution in [0, 0.1) is 5.92 Å². The molecule has 0 bridgehead atoms. The summed E-state index contributed by atoms with van der Waals surface area (Å²) in [6.45, 7) is 8.34. The number of hydrogen-bond acceptors (Lipinski definition) is 4. The molecule has 6 heteroatoms. The Balaban J connectivity index is 2.23. The Hall–Kier alpha value is -0.390. The van der Waals surface area contributed by atoms with Crippen LogP contribution in [0.2, 0.25) is 5.15 Å². The SMILES string of the molecule is CC(C)Cc1nc(N2CCN(C)CC2)nc(Cl)c1Br. The molecule has 19 heavy (non-hydrogen) atoms. The minimum absolute atomic E-state index is 0.513. The largest absolute Gasteiger partial charge is 0.338 e. The standard InChI is InChI=1S/C13H20BrClN4/c1-9(2)8-10-11(14)12(15)17-13(16-10)19-6-4-18(3)5-7-19/h9H,4-8H2,1-3H3. The lowest BCUT2D eigenvalue weighted by Gasteiger charge is -2.32. The highest BCUT2D eigenvalue weighted by Gasteiger charge is 2.19. The van der Waals surface area contributed by atoms with E-state index in [1.165, 1.54) is 0 Å². The maximum Gasteiger partial charge on any atom is 0.227 e. The third kappa shape index (κ3) is 3.80. The van der Waals surface area contributed by atoms with Gasteiger partial charge in [-0.1, -0.05) is 25.4 Å². The smallest absolute Gasteiger partial charge is 0.227 e. The molecule has 1 aliphatic heterocycles. The van der Waals surface area contributed by atoms with Gasteiger partial charge in [0.1, 0.15) is 5.15 Å². The van der Waals surface area contributed by atoms with Gasteiger partial charge in [0.05, 0.1) is 10.2 Å². The third-order valence-corrected chi connectivity index (χ3v) is 4.59. The Bertz CT molecular complexity index is 445. The predicted octanol–water partition coefficient (Wildman–Crippen LogP) is 2.84. The summed E-state index contributed by atoms with van der Waals surface area (Å²) in [5, 5.41) is 0.513. The fourth-order valence-electron chi connectivity index (χ4n) is 2.12. The van der Waals surface area contributed by atoms with Crippen molar-refractivity contribution in [2.75, 3.05) is 38.1 Å². The van der Waals surface area contributed by atoms with Crippen LogP contribution in [0.4, 0.5) is 5.95 Å². The van der Waals surface area contributed by atoms with Crippen molar-refractivity contribution >= 4 is 33.5 Å². The zero-order chi connectivity index (χ0) is 14.0. The van der Waals surface area contributed by atoms with Crippen LogP contribution >= 0.6 is 27.5 Å². The molecule has 1 aromatic heterocycles. The second-order valence-corrected chi connectivity index (χ2v) is 6.61. The van der Waals surface area contributed by atoms with Gasteiger partial charge in [-0.3, -0.25) is 0 Å². The average molecular weight is 348 g/mol. The summed E-state index contributed by atoms with van der Waals surface area (Å²) in [6, 6.07) is 0. The first-order valence-corrected chi connectivity index (χ1v) is 7.80. The molecule has 1 aliphatic rings. The van der Waals surface area contributed by atoms with Gasteiger partial charge in [0.15, 0.2) is 0 Å². The van der Waals surface area contributed by atoms with E-state index in [0.29, 0.717) is 11.1 Å². The van der Waals surface area contributed by atoms with Gasteiger partial charge in [-0.2, -0.15) is 4.98 Å². The van der Waals surface area contributed by atoms with Crippen LogP contribution < -0.4 is 4.90 Å². The van der Waals surface area contributed by atoms with Gasteiger partial charge in [-0.05, 0) is 35.3 Å². The van der Waals surface area contributed by atoms with E-state index in [4.69, 9.17) is 11.6 Å². The Morgan fingerprint density at radius 2 is 1.84 bits per heavy atom.